The van der Waals surface area contributed by atoms with Gasteiger partial charge in [0, 0.05) is 32.6 Å². The van der Waals surface area contributed by atoms with Crippen LogP contribution in [0.2, 0.25) is 0 Å². The fraction of sp³-hybridized carbons (Fsp3) is 0.636. The van der Waals surface area contributed by atoms with Crippen molar-refractivity contribution in [1.29, 1.82) is 0 Å². The lowest BCUT2D eigenvalue weighted by Gasteiger charge is -2.49. The molecule has 30 heavy (non-hydrogen) atoms. The zero-order valence-corrected chi connectivity index (χ0v) is 18.0. The van der Waals surface area contributed by atoms with Gasteiger partial charge < -0.3 is 15.1 Å². The van der Waals surface area contributed by atoms with Crippen molar-refractivity contribution in [3.8, 4) is 0 Å². The van der Waals surface area contributed by atoms with Crippen LogP contribution in [0.1, 0.15) is 44.1 Å². The number of rotatable bonds is 4. The van der Waals surface area contributed by atoms with Gasteiger partial charge >= 0.3 is 6.03 Å². The molecule has 7 nitrogen and oxygen atoms in total. The molecular formula is C22H29N3O4S. The minimum Gasteiger partial charge on any atom is -0.347 e. The molecule has 3 aliphatic heterocycles. The first-order valence-electron chi connectivity index (χ1n) is 11.0. The number of carbonyl (C=O) groups is 2. The van der Waals surface area contributed by atoms with Gasteiger partial charge in [0.2, 0.25) is 5.91 Å². The van der Waals surface area contributed by atoms with Gasteiger partial charge in [-0.2, -0.15) is 0 Å². The lowest BCUT2D eigenvalue weighted by Crippen LogP contribution is -2.70. The zero-order valence-electron chi connectivity index (χ0n) is 17.2. The standard InChI is InChI=1S/C22H29N3O4S/c26-20-7-10-22(23-20)14-25(15-22)21(27)24-11-8-17(9-12-24)13-16-1-3-18(4-2-16)30(28,29)19-5-6-19/h1-4,17,19H,5-15H2,(H,23,26). The first-order valence-corrected chi connectivity index (χ1v) is 12.6. The highest BCUT2D eigenvalue weighted by Gasteiger charge is 2.50. The lowest BCUT2D eigenvalue weighted by atomic mass is 9.88. The molecule has 4 fully saturated rings. The van der Waals surface area contributed by atoms with E-state index in [2.05, 4.69) is 5.32 Å². The van der Waals surface area contributed by atoms with Crippen LogP contribution in [0.4, 0.5) is 4.79 Å². The number of amides is 3. The number of piperidine rings is 1. The summed E-state index contributed by atoms with van der Waals surface area (Å²) < 4.78 is 24.6. The topological polar surface area (TPSA) is 86.8 Å². The maximum Gasteiger partial charge on any atom is 0.320 e. The summed E-state index contributed by atoms with van der Waals surface area (Å²) in [4.78, 5) is 28.4. The number of hydrogen-bond acceptors (Lipinski definition) is 4. The summed E-state index contributed by atoms with van der Waals surface area (Å²) in [6.45, 7) is 2.78. The Morgan fingerprint density at radius 1 is 1.03 bits per heavy atom. The average molecular weight is 432 g/mol. The van der Waals surface area contributed by atoms with Crippen molar-refractivity contribution >= 4 is 21.8 Å². The molecular weight excluding hydrogens is 402 g/mol. The third-order valence-electron chi connectivity index (χ3n) is 7.12. The van der Waals surface area contributed by atoms with Crippen LogP contribution in [0.15, 0.2) is 29.2 Å². The predicted molar refractivity (Wildman–Crippen MR) is 112 cm³/mol. The number of sulfone groups is 1. The highest BCUT2D eigenvalue weighted by Crippen LogP contribution is 2.34. The molecule has 0 atom stereocenters. The van der Waals surface area contributed by atoms with E-state index in [9.17, 15) is 18.0 Å². The van der Waals surface area contributed by atoms with E-state index < -0.39 is 9.84 Å². The van der Waals surface area contributed by atoms with E-state index in [4.69, 9.17) is 0 Å². The molecule has 162 valence electrons. The monoisotopic (exact) mass is 431 g/mol. The van der Waals surface area contributed by atoms with E-state index in [1.807, 2.05) is 21.9 Å². The average Bonchev–Trinajstić information content (AvgIpc) is 3.50. The summed E-state index contributed by atoms with van der Waals surface area (Å²) in [6.07, 6.45) is 5.82. The Bertz CT molecular complexity index is 941. The number of likely N-dealkylation sites (tertiary alicyclic amines) is 2. The summed E-state index contributed by atoms with van der Waals surface area (Å²) >= 11 is 0. The minimum atomic E-state index is -3.12. The first kappa shape index (κ1) is 19.8. The molecule has 4 aliphatic rings. The lowest BCUT2D eigenvalue weighted by molar-refractivity contribution is -0.120. The van der Waals surface area contributed by atoms with Crippen molar-refractivity contribution in [2.75, 3.05) is 26.2 Å². The Labute approximate surface area is 177 Å². The Morgan fingerprint density at radius 2 is 1.70 bits per heavy atom. The number of nitrogens with one attached hydrogen (secondary N) is 1. The molecule has 0 unspecified atom stereocenters. The summed E-state index contributed by atoms with van der Waals surface area (Å²) in [5.41, 5.74) is 1.00. The molecule has 1 N–H and O–H groups in total. The van der Waals surface area contributed by atoms with Crippen LogP contribution in [0.3, 0.4) is 0 Å². The Balaban J connectivity index is 1.10. The molecule has 1 aromatic carbocycles. The van der Waals surface area contributed by atoms with E-state index in [0.717, 1.165) is 57.2 Å². The van der Waals surface area contributed by atoms with E-state index >= 15 is 0 Å². The molecule has 1 spiro atoms. The summed E-state index contributed by atoms with van der Waals surface area (Å²) in [5.74, 6) is 0.609. The van der Waals surface area contributed by atoms with E-state index in [1.54, 1.807) is 12.1 Å². The molecule has 8 heteroatoms. The van der Waals surface area contributed by atoms with Gasteiger partial charge in [0.25, 0.3) is 0 Å². The van der Waals surface area contributed by atoms with Gasteiger partial charge in [-0.1, -0.05) is 12.1 Å². The second-order valence-electron chi connectivity index (χ2n) is 9.49. The second kappa shape index (κ2) is 7.25. The Hall–Kier alpha value is -2.09. The fourth-order valence-corrected chi connectivity index (χ4v) is 6.74. The normalized spacial score (nSPS) is 24.1. The third-order valence-corrected chi connectivity index (χ3v) is 9.40. The van der Waals surface area contributed by atoms with Crippen LogP contribution >= 0.6 is 0 Å². The zero-order chi connectivity index (χ0) is 20.9. The Morgan fingerprint density at radius 3 is 2.27 bits per heavy atom. The maximum absolute atomic E-state index is 12.7. The van der Waals surface area contributed by atoms with Gasteiger partial charge in [-0.15, -0.1) is 0 Å². The van der Waals surface area contributed by atoms with Gasteiger partial charge in [0.15, 0.2) is 9.84 Å². The largest absolute Gasteiger partial charge is 0.347 e. The second-order valence-corrected chi connectivity index (χ2v) is 11.7. The smallest absolute Gasteiger partial charge is 0.320 e. The third kappa shape index (κ3) is 3.70. The van der Waals surface area contributed by atoms with Crippen LogP contribution in [-0.4, -0.2) is 67.1 Å². The minimum absolute atomic E-state index is 0.0925. The molecule has 3 amide bonds. The number of urea groups is 1. The van der Waals surface area contributed by atoms with Crippen molar-refractivity contribution in [3.63, 3.8) is 0 Å². The highest BCUT2D eigenvalue weighted by molar-refractivity contribution is 7.92. The number of nitrogens with zero attached hydrogens (tertiary/aromatic N) is 2. The van der Waals surface area contributed by atoms with E-state index in [0.29, 0.717) is 30.3 Å². The van der Waals surface area contributed by atoms with Crippen LogP contribution in [0.25, 0.3) is 0 Å². The van der Waals surface area contributed by atoms with E-state index in [-0.39, 0.29) is 22.7 Å². The van der Waals surface area contributed by atoms with Crippen molar-refractivity contribution in [3.05, 3.63) is 29.8 Å². The van der Waals surface area contributed by atoms with Crippen molar-refractivity contribution in [2.45, 2.75) is 60.6 Å². The number of benzene rings is 1. The van der Waals surface area contributed by atoms with Gasteiger partial charge in [-0.25, -0.2) is 13.2 Å². The van der Waals surface area contributed by atoms with Gasteiger partial charge in [0.1, 0.15) is 0 Å². The Kier molecular flexibility index (Phi) is 4.80. The molecule has 5 rings (SSSR count). The van der Waals surface area contributed by atoms with Crippen LogP contribution in [0.5, 0.6) is 0 Å². The molecule has 0 aromatic heterocycles. The molecule has 1 saturated carbocycles. The molecule has 3 saturated heterocycles. The maximum atomic E-state index is 12.7. The highest BCUT2D eigenvalue weighted by atomic mass is 32.2. The summed E-state index contributed by atoms with van der Waals surface area (Å²) in [7, 11) is -3.12. The van der Waals surface area contributed by atoms with Gasteiger partial charge in [-0.05, 0) is 62.1 Å². The molecule has 1 aromatic rings. The fourth-order valence-electron chi connectivity index (χ4n) is 5.08. The van der Waals surface area contributed by atoms with Gasteiger partial charge in [-0.3, -0.25) is 4.79 Å². The first-order chi connectivity index (χ1) is 14.3. The SMILES string of the molecule is O=C1CCC2(CN(C(=O)N3CCC(Cc4ccc(S(=O)(=O)C5CC5)cc4)CC3)C2)N1. The number of hydrogen-bond donors (Lipinski definition) is 1. The van der Waals surface area contributed by atoms with Crippen LogP contribution in [0, 0.1) is 5.92 Å². The number of carbonyl (C=O) groups excluding carboxylic acids is 2. The van der Waals surface area contributed by atoms with Crippen molar-refractivity contribution in [1.82, 2.24) is 15.1 Å². The molecule has 3 heterocycles. The quantitative estimate of drug-likeness (QED) is 0.790. The molecule has 0 bridgehead atoms. The van der Waals surface area contributed by atoms with Gasteiger partial charge in [0.05, 0.1) is 15.7 Å². The van der Waals surface area contributed by atoms with Crippen molar-refractivity contribution < 1.29 is 18.0 Å². The molecule has 0 radical (unpaired) electrons. The predicted octanol–water partition coefficient (Wildman–Crippen LogP) is 1.96. The van der Waals surface area contributed by atoms with Crippen LogP contribution < -0.4 is 5.32 Å². The van der Waals surface area contributed by atoms with Crippen LogP contribution in [-0.2, 0) is 21.1 Å². The summed E-state index contributed by atoms with van der Waals surface area (Å²) in [6, 6.07) is 7.49. The molecule has 1 aliphatic carbocycles. The van der Waals surface area contributed by atoms with Crippen molar-refractivity contribution in [2.24, 2.45) is 5.92 Å². The van der Waals surface area contributed by atoms with E-state index in [1.165, 1.54) is 0 Å². The summed E-state index contributed by atoms with van der Waals surface area (Å²) in [5, 5.41) is 2.85.